The lowest BCUT2D eigenvalue weighted by Crippen LogP contribution is -2.40. The van der Waals surface area contributed by atoms with E-state index in [-0.39, 0.29) is 18.3 Å². The van der Waals surface area contributed by atoms with Crippen molar-refractivity contribution in [1.29, 1.82) is 0 Å². The van der Waals surface area contributed by atoms with Crippen LogP contribution in [0.2, 0.25) is 0 Å². The molecular formula is C32H37FN2O3. The minimum Gasteiger partial charge on any atom is -0.497 e. The van der Waals surface area contributed by atoms with Crippen LogP contribution >= 0.6 is 0 Å². The number of hydrogen-bond donors (Lipinski definition) is 1. The maximum Gasteiger partial charge on any atom is 0.305 e. The van der Waals surface area contributed by atoms with Crippen LogP contribution in [0.3, 0.4) is 0 Å². The van der Waals surface area contributed by atoms with Gasteiger partial charge in [0, 0.05) is 29.9 Å². The number of carboxylic acids is 1. The van der Waals surface area contributed by atoms with Crippen LogP contribution < -0.4 is 9.64 Å². The van der Waals surface area contributed by atoms with Gasteiger partial charge in [-0.1, -0.05) is 36.8 Å². The zero-order chi connectivity index (χ0) is 26.6. The molecule has 5 nitrogen and oxygen atoms in total. The Kier molecular flexibility index (Phi) is 7.98. The molecule has 2 aliphatic heterocycles. The monoisotopic (exact) mass is 516 g/mol. The highest BCUT2D eigenvalue weighted by Crippen LogP contribution is 2.33. The molecule has 0 aromatic heterocycles. The molecule has 6 heteroatoms. The quantitative estimate of drug-likeness (QED) is 0.380. The fraction of sp³-hybridized carbons (Fsp3) is 0.406. The number of hydrogen-bond acceptors (Lipinski definition) is 4. The van der Waals surface area contributed by atoms with Crippen molar-refractivity contribution in [2.24, 2.45) is 0 Å². The van der Waals surface area contributed by atoms with Crippen molar-refractivity contribution in [2.45, 2.75) is 57.5 Å². The van der Waals surface area contributed by atoms with Crippen molar-refractivity contribution in [3.63, 3.8) is 0 Å². The van der Waals surface area contributed by atoms with Gasteiger partial charge in [0.15, 0.2) is 0 Å². The lowest BCUT2D eigenvalue weighted by molar-refractivity contribution is -0.137. The summed E-state index contributed by atoms with van der Waals surface area (Å²) in [6.45, 7) is 5.20. The van der Waals surface area contributed by atoms with Gasteiger partial charge in [-0.25, -0.2) is 4.39 Å². The first-order valence-corrected chi connectivity index (χ1v) is 13.7. The number of halogens is 1. The Morgan fingerprint density at radius 3 is 2.47 bits per heavy atom. The number of ether oxygens (including phenoxy) is 1. The lowest BCUT2D eigenvalue weighted by atomic mass is 9.95. The van der Waals surface area contributed by atoms with E-state index in [0.717, 1.165) is 49.3 Å². The Morgan fingerprint density at radius 1 is 1.03 bits per heavy atom. The molecular weight excluding hydrogens is 479 g/mol. The number of rotatable bonds is 8. The van der Waals surface area contributed by atoms with Crippen LogP contribution in [0.1, 0.15) is 48.8 Å². The average Bonchev–Trinajstić information content (AvgIpc) is 3.34. The van der Waals surface area contributed by atoms with E-state index < -0.39 is 5.97 Å². The second-order valence-corrected chi connectivity index (χ2v) is 10.7. The van der Waals surface area contributed by atoms with Gasteiger partial charge in [-0.05, 0) is 98.3 Å². The minimum atomic E-state index is -0.733. The third-order valence-electron chi connectivity index (χ3n) is 8.20. The molecule has 3 aromatic carbocycles. The van der Waals surface area contributed by atoms with Gasteiger partial charge in [0.25, 0.3) is 0 Å². The minimum absolute atomic E-state index is 0.0251. The second kappa shape index (κ2) is 11.6. The van der Waals surface area contributed by atoms with Gasteiger partial charge in [0.2, 0.25) is 0 Å². The summed E-state index contributed by atoms with van der Waals surface area (Å²) < 4.78 is 19.7. The molecule has 2 aliphatic rings. The number of carbonyl (C=O) groups is 1. The second-order valence-electron chi connectivity index (χ2n) is 10.7. The molecule has 2 saturated heterocycles. The first-order chi connectivity index (χ1) is 18.4. The largest absolute Gasteiger partial charge is 0.497 e. The molecule has 0 aliphatic carbocycles. The van der Waals surface area contributed by atoms with E-state index in [9.17, 15) is 14.3 Å². The number of methoxy groups -OCH3 is 1. The van der Waals surface area contributed by atoms with E-state index >= 15 is 0 Å². The van der Waals surface area contributed by atoms with Crippen LogP contribution in [0.25, 0.3) is 11.1 Å². The van der Waals surface area contributed by atoms with E-state index in [1.165, 1.54) is 36.5 Å². The predicted molar refractivity (Wildman–Crippen MR) is 150 cm³/mol. The zero-order valence-electron chi connectivity index (χ0n) is 22.3. The fourth-order valence-electron chi connectivity index (χ4n) is 6.09. The standard InChI is InChI=1S/C32H37FN2O3/c1-22-16-25(30-20-29(38-2)12-13-31(30)33)9-8-24(22)17-23-6-10-26(11-7-23)35-21-28(18-27(35)19-32(36)37)34-14-4-3-5-15-34/h6-13,16,20,27-28H,3-5,14-15,17-19,21H2,1-2H3,(H,36,37)/t27-,28+/m1/s1. The molecule has 0 spiro atoms. The predicted octanol–water partition coefficient (Wildman–Crippen LogP) is 6.31. The van der Waals surface area contributed by atoms with Gasteiger partial charge in [-0.3, -0.25) is 9.69 Å². The number of aliphatic carboxylic acids is 1. The van der Waals surface area contributed by atoms with Gasteiger partial charge in [0.1, 0.15) is 11.6 Å². The van der Waals surface area contributed by atoms with Gasteiger partial charge in [0.05, 0.1) is 13.5 Å². The van der Waals surface area contributed by atoms with Crippen molar-refractivity contribution in [2.75, 3.05) is 31.6 Å². The third kappa shape index (κ3) is 5.86. The summed E-state index contributed by atoms with van der Waals surface area (Å²) in [6, 6.07) is 19.9. The number of likely N-dealkylation sites (tertiary alicyclic amines) is 1. The number of benzene rings is 3. The van der Waals surface area contributed by atoms with Crippen molar-refractivity contribution < 1.29 is 19.0 Å². The number of aryl methyl sites for hydroxylation is 1. The van der Waals surface area contributed by atoms with Crippen LogP contribution in [-0.4, -0.2) is 54.8 Å². The molecule has 200 valence electrons. The topological polar surface area (TPSA) is 53.0 Å². The van der Waals surface area contributed by atoms with E-state index in [1.54, 1.807) is 19.2 Å². The first kappa shape index (κ1) is 26.2. The van der Waals surface area contributed by atoms with Crippen molar-refractivity contribution >= 4 is 11.7 Å². The van der Waals surface area contributed by atoms with Gasteiger partial charge < -0.3 is 14.7 Å². The lowest BCUT2D eigenvalue weighted by Gasteiger charge is -2.32. The summed E-state index contributed by atoms with van der Waals surface area (Å²) in [4.78, 5) is 16.5. The summed E-state index contributed by atoms with van der Waals surface area (Å²) in [5, 5.41) is 9.54. The molecule has 3 aromatic rings. The van der Waals surface area contributed by atoms with E-state index in [2.05, 4.69) is 47.1 Å². The number of nitrogens with zero attached hydrogens (tertiary/aromatic N) is 2. The summed E-state index contributed by atoms with van der Waals surface area (Å²) in [7, 11) is 1.58. The molecule has 1 N–H and O–H groups in total. The molecule has 0 radical (unpaired) electrons. The summed E-state index contributed by atoms with van der Waals surface area (Å²) >= 11 is 0. The normalized spacial score (nSPS) is 20.0. The summed E-state index contributed by atoms with van der Waals surface area (Å²) in [5.41, 5.74) is 5.96. The zero-order valence-corrected chi connectivity index (χ0v) is 22.3. The SMILES string of the molecule is COc1ccc(F)c(-c2ccc(Cc3ccc(N4C[C@@H](N5CCCCC5)C[C@@H]4CC(=O)O)cc3)c(C)c2)c1. The van der Waals surface area contributed by atoms with Crippen molar-refractivity contribution in [3.05, 3.63) is 83.2 Å². The first-order valence-electron chi connectivity index (χ1n) is 13.7. The Bertz CT molecular complexity index is 1270. The number of carboxylic acid groups (broad SMARTS) is 1. The van der Waals surface area contributed by atoms with E-state index in [4.69, 9.17) is 4.74 Å². The fourth-order valence-corrected chi connectivity index (χ4v) is 6.09. The number of piperidine rings is 1. The number of anilines is 1. The van der Waals surface area contributed by atoms with Crippen LogP contribution in [0.5, 0.6) is 5.75 Å². The Hall–Kier alpha value is -3.38. The van der Waals surface area contributed by atoms with Gasteiger partial charge >= 0.3 is 5.97 Å². The highest BCUT2D eigenvalue weighted by molar-refractivity contribution is 5.69. The van der Waals surface area contributed by atoms with Gasteiger partial charge in [-0.15, -0.1) is 0 Å². The van der Waals surface area contributed by atoms with Crippen molar-refractivity contribution in [3.8, 4) is 16.9 Å². The highest BCUT2D eigenvalue weighted by Gasteiger charge is 2.36. The molecule has 2 atom stereocenters. The maximum absolute atomic E-state index is 14.5. The Morgan fingerprint density at radius 2 is 1.79 bits per heavy atom. The molecule has 5 rings (SSSR count). The molecule has 0 amide bonds. The average molecular weight is 517 g/mol. The van der Waals surface area contributed by atoms with Crippen LogP contribution in [0.15, 0.2) is 60.7 Å². The Labute approximate surface area is 224 Å². The molecule has 38 heavy (non-hydrogen) atoms. The van der Waals surface area contributed by atoms with Crippen LogP contribution in [-0.2, 0) is 11.2 Å². The third-order valence-corrected chi connectivity index (χ3v) is 8.20. The molecule has 2 fully saturated rings. The van der Waals surface area contributed by atoms with Crippen LogP contribution in [0.4, 0.5) is 10.1 Å². The maximum atomic E-state index is 14.5. The molecule has 0 saturated carbocycles. The summed E-state index contributed by atoms with van der Waals surface area (Å²) in [6.07, 6.45) is 5.64. The van der Waals surface area contributed by atoms with Crippen molar-refractivity contribution in [1.82, 2.24) is 4.90 Å². The van der Waals surface area contributed by atoms with Crippen LogP contribution in [0, 0.1) is 12.7 Å². The highest BCUT2D eigenvalue weighted by atomic mass is 19.1. The summed E-state index contributed by atoms with van der Waals surface area (Å²) in [5.74, 6) is -0.364. The van der Waals surface area contributed by atoms with Gasteiger partial charge in [-0.2, -0.15) is 0 Å². The smallest absolute Gasteiger partial charge is 0.305 e. The van der Waals surface area contributed by atoms with E-state index in [0.29, 0.717) is 17.4 Å². The molecule has 0 unspecified atom stereocenters. The van der Waals surface area contributed by atoms with E-state index in [1.807, 2.05) is 12.1 Å². The molecule has 2 heterocycles. The Balaban J connectivity index is 1.30. The molecule has 0 bridgehead atoms.